The van der Waals surface area contributed by atoms with Gasteiger partial charge in [0.15, 0.2) is 17.6 Å². The molecular formula is C20H23NO4. The Hall–Kier alpha value is -2.53. The zero-order chi connectivity index (χ0) is 17.6. The lowest BCUT2D eigenvalue weighted by Crippen LogP contribution is -2.34. The number of hydrogen-bond acceptors (Lipinski definition) is 4. The second kappa shape index (κ2) is 8.03. The van der Waals surface area contributed by atoms with E-state index in [0.29, 0.717) is 31.1 Å². The summed E-state index contributed by atoms with van der Waals surface area (Å²) in [6.07, 6.45) is 1.04. The van der Waals surface area contributed by atoms with Crippen LogP contribution in [-0.2, 0) is 22.4 Å². The normalized spacial score (nSPS) is 16.0. The first kappa shape index (κ1) is 17.3. The van der Waals surface area contributed by atoms with E-state index in [0.717, 1.165) is 17.5 Å². The largest absolute Gasteiger partial charge is 0.493 e. The molecule has 0 aliphatic carbocycles. The number of fused-ring (bicyclic) bond motifs is 1. The number of hydrogen-bond donors (Lipinski definition) is 1. The van der Waals surface area contributed by atoms with Gasteiger partial charge in [0.05, 0.1) is 20.8 Å². The molecule has 3 rings (SSSR count). The molecule has 1 amide bonds. The SMILES string of the molecule is COc1ccc(CCNC(=O)C2OCCc3ccccc32)cc1OC. The van der Waals surface area contributed by atoms with Gasteiger partial charge in [-0.25, -0.2) is 0 Å². The Bertz CT molecular complexity index is 744. The number of carbonyl (C=O) groups is 1. The fourth-order valence-corrected chi connectivity index (χ4v) is 3.07. The molecule has 1 heterocycles. The summed E-state index contributed by atoms with van der Waals surface area (Å²) >= 11 is 0. The van der Waals surface area contributed by atoms with Crippen molar-refractivity contribution >= 4 is 5.91 Å². The lowest BCUT2D eigenvalue weighted by Gasteiger charge is -2.25. The Morgan fingerprint density at radius 2 is 1.96 bits per heavy atom. The number of methoxy groups -OCH3 is 2. The number of carbonyl (C=O) groups excluding carboxylic acids is 1. The van der Waals surface area contributed by atoms with Gasteiger partial charge in [-0.1, -0.05) is 30.3 Å². The fraction of sp³-hybridized carbons (Fsp3) is 0.350. The van der Waals surface area contributed by atoms with Gasteiger partial charge >= 0.3 is 0 Å². The summed E-state index contributed by atoms with van der Waals surface area (Å²) < 4.78 is 16.2. The van der Waals surface area contributed by atoms with Crippen LogP contribution in [-0.4, -0.2) is 33.3 Å². The minimum atomic E-state index is -0.518. The summed E-state index contributed by atoms with van der Waals surface area (Å²) in [6, 6.07) is 13.7. The molecule has 0 saturated carbocycles. The summed E-state index contributed by atoms with van der Waals surface area (Å²) in [5, 5.41) is 2.97. The first-order valence-electron chi connectivity index (χ1n) is 8.41. The van der Waals surface area contributed by atoms with E-state index in [-0.39, 0.29) is 5.91 Å². The first-order chi connectivity index (χ1) is 12.2. The van der Waals surface area contributed by atoms with Crippen molar-refractivity contribution in [3.63, 3.8) is 0 Å². The zero-order valence-corrected chi connectivity index (χ0v) is 14.6. The molecule has 0 spiro atoms. The molecule has 2 aromatic carbocycles. The van der Waals surface area contributed by atoms with Crippen LogP contribution in [0.4, 0.5) is 0 Å². The highest BCUT2D eigenvalue weighted by Gasteiger charge is 2.26. The monoisotopic (exact) mass is 341 g/mol. The molecule has 5 nitrogen and oxygen atoms in total. The van der Waals surface area contributed by atoms with Gasteiger partial charge in [-0.2, -0.15) is 0 Å². The van der Waals surface area contributed by atoms with Crippen molar-refractivity contribution < 1.29 is 19.0 Å². The van der Waals surface area contributed by atoms with Gasteiger partial charge in [0.25, 0.3) is 5.91 Å². The van der Waals surface area contributed by atoms with Gasteiger partial charge in [0, 0.05) is 6.54 Å². The highest BCUT2D eigenvalue weighted by atomic mass is 16.5. The van der Waals surface area contributed by atoms with Gasteiger partial charge < -0.3 is 19.5 Å². The standard InChI is InChI=1S/C20H23NO4/c1-23-17-8-7-14(13-18(17)24-2)9-11-21-20(22)19-16-6-4-3-5-15(16)10-12-25-19/h3-8,13,19H,9-12H2,1-2H3,(H,21,22). The first-order valence-corrected chi connectivity index (χ1v) is 8.41. The molecule has 0 aromatic heterocycles. The lowest BCUT2D eigenvalue weighted by molar-refractivity contribution is -0.134. The summed E-state index contributed by atoms with van der Waals surface area (Å²) in [4.78, 5) is 12.5. The Kier molecular flexibility index (Phi) is 5.56. The molecule has 0 radical (unpaired) electrons. The van der Waals surface area contributed by atoms with Crippen LogP contribution in [0.3, 0.4) is 0 Å². The average molecular weight is 341 g/mol. The minimum absolute atomic E-state index is 0.0902. The van der Waals surface area contributed by atoms with Gasteiger partial charge in [-0.15, -0.1) is 0 Å². The minimum Gasteiger partial charge on any atom is -0.493 e. The molecular weight excluding hydrogens is 318 g/mol. The maximum absolute atomic E-state index is 12.5. The van der Waals surface area contributed by atoms with Crippen molar-refractivity contribution in [2.75, 3.05) is 27.4 Å². The van der Waals surface area contributed by atoms with Crippen LogP contribution >= 0.6 is 0 Å². The molecule has 132 valence electrons. The van der Waals surface area contributed by atoms with E-state index in [1.807, 2.05) is 36.4 Å². The molecule has 5 heteroatoms. The van der Waals surface area contributed by atoms with E-state index in [9.17, 15) is 4.79 Å². The molecule has 0 bridgehead atoms. The smallest absolute Gasteiger partial charge is 0.253 e. The van der Waals surface area contributed by atoms with E-state index in [1.165, 1.54) is 5.56 Å². The van der Waals surface area contributed by atoms with E-state index in [2.05, 4.69) is 11.4 Å². The molecule has 2 aromatic rings. The predicted molar refractivity (Wildman–Crippen MR) is 95.1 cm³/mol. The van der Waals surface area contributed by atoms with E-state index in [4.69, 9.17) is 14.2 Å². The second-order valence-electron chi connectivity index (χ2n) is 5.93. The molecule has 1 aliphatic heterocycles. The van der Waals surface area contributed by atoms with Crippen molar-refractivity contribution in [2.24, 2.45) is 0 Å². The number of ether oxygens (including phenoxy) is 3. The Morgan fingerprint density at radius 3 is 2.76 bits per heavy atom. The summed E-state index contributed by atoms with van der Waals surface area (Å²) in [5.41, 5.74) is 3.23. The Balaban J connectivity index is 1.59. The predicted octanol–water partition coefficient (Wildman–Crippen LogP) is 2.68. The third-order valence-corrected chi connectivity index (χ3v) is 4.39. The maximum Gasteiger partial charge on any atom is 0.253 e. The van der Waals surface area contributed by atoms with Crippen LogP contribution in [0.1, 0.15) is 22.8 Å². The van der Waals surface area contributed by atoms with Crippen LogP contribution < -0.4 is 14.8 Å². The number of amides is 1. The van der Waals surface area contributed by atoms with Gasteiger partial charge in [0.1, 0.15) is 0 Å². The highest BCUT2D eigenvalue weighted by Crippen LogP contribution is 2.28. The fourth-order valence-electron chi connectivity index (χ4n) is 3.07. The van der Waals surface area contributed by atoms with Gasteiger partial charge in [0.2, 0.25) is 0 Å². The van der Waals surface area contributed by atoms with E-state index in [1.54, 1.807) is 14.2 Å². The van der Waals surface area contributed by atoms with E-state index >= 15 is 0 Å². The van der Waals surface area contributed by atoms with Crippen molar-refractivity contribution in [3.8, 4) is 11.5 Å². The van der Waals surface area contributed by atoms with Crippen LogP contribution in [0.25, 0.3) is 0 Å². The summed E-state index contributed by atoms with van der Waals surface area (Å²) in [7, 11) is 3.22. The van der Waals surface area contributed by atoms with Crippen LogP contribution in [0.2, 0.25) is 0 Å². The Labute approximate surface area is 147 Å². The molecule has 1 unspecified atom stereocenters. The molecule has 0 saturated heterocycles. The van der Waals surface area contributed by atoms with Gasteiger partial charge in [-0.3, -0.25) is 4.79 Å². The molecule has 0 fully saturated rings. The third-order valence-electron chi connectivity index (χ3n) is 4.39. The summed E-state index contributed by atoms with van der Waals surface area (Å²) in [5.74, 6) is 1.30. The van der Waals surface area contributed by atoms with Crippen molar-refractivity contribution in [1.29, 1.82) is 0 Å². The number of rotatable bonds is 6. The second-order valence-corrected chi connectivity index (χ2v) is 5.93. The van der Waals surface area contributed by atoms with Crippen LogP contribution in [0, 0.1) is 0 Å². The van der Waals surface area contributed by atoms with E-state index < -0.39 is 6.10 Å². The average Bonchev–Trinajstić information content (AvgIpc) is 2.67. The maximum atomic E-state index is 12.5. The van der Waals surface area contributed by atoms with Gasteiger partial charge in [-0.05, 0) is 41.7 Å². The van der Waals surface area contributed by atoms with Crippen LogP contribution in [0.5, 0.6) is 11.5 Å². The number of nitrogens with one attached hydrogen (secondary N) is 1. The molecule has 1 aliphatic rings. The lowest BCUT2D eigenvalue weighted by atomic mass is 9.97. The third kappa shape index (κ3) is 3.94. The zero-order valence-electron chi connectivity index (χ0n) is 14.6. The molecule has 1 N–H and O–H groups in total. The van der Waals surface area contributed by atoms with Crippen molar-refractivity contribution in [2.45, 2.75) is 18.9 Å². The highest BCUT2D eigenvalue weighted by molar-refractivity contribution is 5.82. The topological polar surface area (TPSA) is 56.8 Å². The molecule has 1 atom stereocenters. The quantitative estimate of drug-likeness (QED) is 0.878. The summed E-state index contributed by atoms with van der Waals surface area (Å²) in [6.45, 7) is 1.11. The van der Waals surface area contributed by atoms with Crippen LogP contribution in [0.15, 0.2) is 42.5 Å². The van der Waals surface area contributed by atoms with Crippen molar-refractivity contribution in [3.05, 3.63) is 59.2 Å². The Morgan fingerprint density at radius 1 is 1.16 bits per heavy atom. The van der Waals surface area contributed by atoms with Crippen molar-refractivity contribution in [1.82, 2.24) is 5.32 Å². The number of benzene rings is 2. The molecule has 25 heavy (non-hydrogen) atoms.